The summed E-state index contributed by atoms with van der Waals surface area (Å²) in [6.45, 7) is 1.39. The van der Waals surface area contributed by atoms with Crippen LogP contribution in [-0.4, -0.2) is 32.9 Å². The summed E-state index contributed by atoms with van der Waals surface area (Å²) in [6, 6.07) is 0.687. The Bertz CT molecular complexity index is 532. The van der Waals surface area contributed by atoms with Crippen LogP contribution in [0.25, 0.3) is 0 Å². The first kappa shape index (κ1) is 14.5. The number of carboxylic acids is 1. The van der Waals surface area contributed by atoms with E-state index < -0.39 is 12.0 Å². The van der Waals surface area contributed by atoms with Gasteiger partial charge in [-0.3, -0.25) is 9.78 Å². The van der Waals surface area contributed by atoms with Crippen molar-refractivity contribution in [1.29, 1.82) is 0 Å². The number of hydrogen-bond acceptors (Lipinski definition) is 3. The van der Waals surface area contributed by atoms with Gasteiger partial charge in [-0.15, -0.1) is 0 Å². The predicted molar refractivity (Wildman–Crippen MR) is 75.6 cm³/mol. The molecule has 1 aliphatic carbocycles. The van der Waals surface area contributed by atoms with Gasteiger partial charge in [0.25, 0.3) is 0 Å². The van der Waals surface area contributed by atoms with E-state index >= 15 is 0 Å². The number of hydrogen-bond donors (Lipinski definition) is 1. The van der Waals surface area contributed by atoms with Gasteiger partial charge in [0.1, 0.15) is 0 Å². The van der Waals surface area contributed by atoms with Crippen LogP contribution in [0.3, 0.4) is 0 Å². The van der Waals surface area contributed by atoms with Crippen molar-refractivity contribution in [3.05, 3.63) is 26.9 Å². The van der Waals surface area contributed by atoms with Crippen LogP contribution in [0.1, 0.15) is 31.5 Å². The monoisotopic (exact) mass is 390 g/mol. The molecule has 0 aromatic carbocycles. The van der Waals surface area contributed by atoms with Crippen LogP contribution in [0.4, 0.5) is 0 Å². The van der Waals surface area contributed by atoms with Crippen LogP contribution < -0.4 is 0 Å². The summed E-state index contributed by atoms with van der Waals surface area (Å²) in [6.07, 6.45) is 3.22. The van der Waals surface area contributed by atoms with E-state index in [2.05, 4.69) is 36.8 Å². The molecule has 1 aromatic heterocycles. The quantitative estimate of drug-likeness (QED) is 0.856. The van der Waals surface area contributed by atoms with Gasteiger partial charge in [-0.25, -0.2) is 4.79 Å². The van der Waals surface area contributed by atoms with Crippen LogP contribution in [0.2, 0.25) is 0 Å². The molecule has 0 aliphatic heterocycles. The van der Waals surface area contributed by atoms with Crippen molar-refractivity contribution < 1.29 is 14.7 Å². The average molecular weight is 392 g/mol. The first-order chi connectivity index (χ1) is 8.91. The van der Waals surface area contributed by atoms with Crippen LogP contribution in [0.15, 0.2) is 21.2 Å². The molecule has 1 aliphatic rings. The van der Waals surface area contributed by atoms with Crippen molar-refractivity contribution in [2.45, 2.75) is 31.8 Å². The van der Waals surface area contributed by atoms with Gasteiger partial charge in [0.2, 0.25) is 5.91 Å². The van der Waals surface area contributed by atoms with Gasteiger partial charge in [0.15, 0.2) is 6.04 Å². The fourth-order valence-electron chi connectivity index (χ4n) is 2.00. The number of aliphatic carboxylic acids is 1. The summed E-state index contributed by atoms with van der Waals surface area (Å²) in [7, 11) is 0. The van der Waals surface area contributed by atoms with E-state index in [0.717, 1.165) is 17.3 Å². The molecule has 0 spiro atoms. The maximum absolute atomic E-state index is 11.7. The third-order valence-corrected chi connectivity index (χ3v) is 3.98. The van der Waals surface area contributed by atoms with E-state index in [-0.39, 0.29) is 11.9 Å². The summed E-state index contributed by atoms with van der Waals surface area (Å²) in [5.41, 5.74) is 0.345. The van der Waals surface area contributed by atoms with Crippen molar-refractivity contribution in [2.75, 3.05) is 0 Å². The largest absolute Gasteiger partial charge is 0.479 e. The highest BCUT2D eigenvalue weighted by atomic mass is 79.9. The molecule has 1 N–H and O–H groups in total. The topological polar surface area (TPSA) is 70.5 Å². The number of carbonyl (C=O) groups excluding carboxylic acids is 1. The molecule has 2 rings (SSSR count). The molecule has 19 heavy (non-hydrogen) atoms. The molecule has 0 radical (unpaired) electrons. The number of carbonyl (C=O) groups is 2. The molecular weight excluding hydrogens is 380 g/mol. The minimum Gasteiger partial charge on any atom is -0.479 e. The van der Waals surface area contributed by atoms with Gasteiger partial charge >= 0.3 is 5.97 Å². The summed E-state index contributed by atoms with van der Waals surface area (Å²) in [4.78, 5) is 28.8. The molecule has 7 heteroatoms. The van der Waals surface area contributed by atoms with Crippen molar-refractivity contribution in [3.8, 4) is 0 Å². The molecule has 1 unspecified atom stereocenters. The SMILES string of the molecule is CC(=O)N(C1CC1)C(C(=O)O)c1ncc(Br)cc1Br. The number of amides is 1. The summed E-state index contributed by atoms with van der Waals surface area (Å²) in [5, 5.41) is 9.45. The van der Waals surface area contributed by atoms with Crippen molar-refractivity contribution >= 4 is 43.7 Å². The molecule has 1 atom stereocenters. The molecule has 1 saturated carbocycles. The fraction of sp³-hybridized carbons (Fsp3) is 0.417. The second kappa shape index (κ2) is 5.58. The zero-order valence-electron chi connectivity index (χ0n) is 10.1. The fourth-order valence-corrected chi connectivity index (χ4v) is 3.20. The lowest BCUT2D eigenvalue weighted by Gasteiger charge is -2.28. The summed E-state index contributed by atoms with van der Waals surface area (Å²) < 4.78 is 1.31. The Kier molecular flexibility index (Phi) is 4.25. The Morgan fingerprint density at radius 1 is 1.47 bits per heavy atom. The van der Waals surface area contributed by atoms with Gasteiger partial charge in [0.05, 0.1) is 5.69 Å². The zero-order chi connectivity index (χ0) is 14.2. The maximum atomic E-state index is 11.7. The van der Waals surface area contributed by atoms with Crippen molar-refractivity contribution in [1.82, 2.24) is 9.88 Å². The van der Waals surface area contributed by atoms with E-state index in [4.69, 9.17) is 0 Å². The predicted octanol–water partition coefficient (Wildman–Crippen LogP) is 2.74. The van der Waals surface area contributed by atoms with E-state index in [1.165, 1.54) is 18.0 Å². The second-order valence-corrected chi connectivity index (χ2v) is 6.19. The van der Waals surface area contributed by atoms with Crippen LogP contribution in [0, 0.1) is 0 Å². The van der Waals surface area contributed by atoms with Crippen LogP contribution in [-0.2, 0) is 9.59 Å². The van der Waals surface area contributed by atoms with Crippen molar-refractivity contribution in [3.63, 3.8) is 0 Å². The Morgan fingerprint density at radius 2 is 2.11 bits per heavy atom. The molecule has 1 aromatic rings. The molecule has 1 heterocycles. The number of nitrogens with zero attached hydrogens (tertiary/aromatic N) is 2. The highest BCUT2D eigenvalue weighted by Gasteiger charge is 2.41. The van der Waals surface area contributed by atoms with Crippen LogP contribution >= 0.6 is 31.9 Å². The molecule has 1 fully saturated rings. The molecule has 0 bridgehead atoms. The normalized spacial score (nSPS) is 15.9. The Labute approximate surface area is 127 Å². The molecular formula is C12H12Br2N2O3. The van der Waals surface area contributed by atoms with Crippen molar-refractivity contribution in [2.24, 2.45) is 0 Å². The summed E-state index contributed by atoms with van der Waals surface area (Å²) in [5.74, 6) is -1.32. The molecule has 102 valence electrons. The van der Waals surface area contributed by atoms with E-state index in [1.807, 2.05) is 0 Å². The van der Waals surface area contributed by atoms with Gasteiger partial charge in [0, 0.05) is 28.1 Å². The molecule has 1 amide bonds. The lowest BCUT2D eigenvalue weighted by atomic mass is 10.1. The number of pyridine rings is 1. The minimum absolute atomic E-state index is 0.0101. The van der Waals surface area contributed by atoms with E-state index in [9.17, 15) is 14.7 Å². The third kappa shape index (κ3) is 3.14. The molecule has 5 nitrogen and oxygen atoms in total. The van der Waals surface area contributed by atoms with Gasteiger partial charge in [-0.2, -0.15) is 0 Å². The second-order valence-electron chi connectivity index (χ2n) is 4.42. The smallest absolute Gasteiger partial charge is 0.332 e. The Hall–Kier alpha value is -0.950. The van der Waals surface area contributed by atoms with Crippen LogP contribution in [0.5, 0.6) is 0 Å². The highest BCUT2D eigenvalue weighted by molar-refractivity contribution is 9.11. The van der Waals surface area contributed by atoms with Gasteiger partial charge in [-0.05, 0) is 50.8 Å². The van der Waals surface area contributed by atoms with Gasteiger partial charge in [-0.1, -0.05) is 0 Å². The lowest BCUT2D eigenvalue weighted by molar-refractivity contribution is -0.150. The standard InChI is InChI=1S/C12H12Br2N2O3/c1-6(17)16(8-2-3-8)11(12(18)19)10-9(14)4-7(13)5-15-10/h4-5,8,11H,2-3H2,1H3,(H,18,19). The number of rotatable bonds is 4. The number of carboxylic acid groups (broad SMARTS) is 1. The lowest BCUT2D eigenvalue weighted by Crippen LogP contribution is -2.39. The van der Waals surface area contributed by atoms with E-state index in [0.29, 0.717) is 10.2 Å². The Morgan fingerprint density at radius 3 is 2.53 bits per heavy atom. The average Bonchev–Trinajstić information content (AvgIpc) is 3.10. The zero-order valence-corrected chi connectivity index (χ0v) is 13.3. The minimum atomic E-state index is -1.07. The number of aromatic nitrogens is 1. The first-order valence-corrected chi connectivity index (χ1v) is 7.33. The van der Waals surface area contributed by atoms with Gasteiger partial charge < -0.3 is 10.0 Å². The van der Waals surface area contributed by atoms with E-state index in [1.54, 1.807) is 6.07 Å². The molecule has 0 saturated heterocycles. The highest BCUT2D eigenvalue weighted by Crippen LogP contribution is 2.36. The summed E-state index contributed by atoms with van der Waals surface area (Å²) >= 11 is 6.58. The first-order valence-electron chi connectivity index (χ1n) is 5.74. The maximum Gasteiger partial charge on any atom is 0.332 e. The third-order valence-electron chi connectivity index (χ3n) is 2.91. The number of halogens is 2. The Balaban J connectivity index is 2.44.